The van der Waals surface area contributed by atoms with Crippen LogP contribution in [0.3, 0.4) is 0 Å². The first-order chi connectivity index (χ1) is 16.4. The number of carbonyl (C=O) groups is 2. The Morgan fingerprint density at radius 2 is 1.74 bits per heavy atom. The number of sulfonamides is 1. The van der Waals surface area contributed by atoms with Crippen LogP contribution in [-0.2, 0) is 26.2 Å². The molecule has 0 spiro atoms. The Morgan fingerprint density at radius 1 is 1.09 bits per heavy atom. The highest BCUT2D eigenvalue weighted by molar-refractivity contribution is 7.92. The molecule has 0 bridgehead atoms. The summed E-state index contributed by atoms with van der Waals surface area (Å²) in [5.74, 6) is -0.527. The second-order valence-electron chi connectivity index (χ2n) is 8.29. The van der Waals surface area contributed by atoms with E-state index in [0.29, 0.717) is 22.8 Å². The number of anilines is 1. The van der Waals surface area contributed by atoms with E-state index < -0.39 is 28.5 Å². The summed E-state index contributed by atoms with van der Waals surface area (Å²) >= 11 is 12.5. The van der Waals surface area contributed by atoms with Crippen LogP contribution in [0.15, 0.2) is 42.5 Å². The lowest BCUT2D eigenvalue weighted by atomic mass is 10.1. The van der Waals surface area contributed by atoms with Gasteiger partial charge >= 0.3 is 0 Å². The van der Waals surface area contributed by atoms with Gasteiger partial charge in [0.1, 0.15) is 18.3 Å². The molecule has 35 heavy (non-hydrogen) atoms. The molecule has 0 aliphatic carbocycles. The summed E-state index contributed by atoms with van der Waals surface area (Å²) in [6, 6.07) is 10.5. The molecule has 0 aliphatic rings. The normalized spacial score (nSPS) is 12.2. The maximum absolute atomic E-state index is 13.6. The van der Waals surface area contributed by atoms with E-state index in [1.54, 1.807) is 31.2 Å². The topological polar surface area (TPSA) is 96.0 Å². The summed E-state index contributed by atoms with van der Waals surface area (Å²) in [6.07, 6.45) is 1.32. The minimum Gasteiger partial charge on any atom is -0.495 e. The average Bonchev–Trinajstić information content (AvgIpc) is 2.77. The second kappa shape index (κ2) is 12.5. The molecule has 0 heterocycles. The van der Waals surface area contributed by atoms with Crippen LogP contribution in [0.5, 0.6) is 5.75 Å². The number of rotatable bonds is 11. The number of benzene rings is 2. The van der Waals surface area contributed by atoms with Crippen molar-refractivity contribution in [2.24, 2.45) is 0 Å². The van der Waals surface area contributed by atoms with Gasteiger partial charge in [-0.25, -0.2) is 8.42 Å². The maximum Gasteiger partial charge on any atom is 0.244 e. The van der Waals surface area contributed by atoms with Gasteiger partial charge in [-0.15, -0.1) is 0 Å². The summed E-state index contributed by atoms with van der Waals surface area (Å²) in [5.41, 5.74) is 0.834. The quantitative estimate of drug-likeness (QED) is 0.460. The predicted molar refractivity (Wildman–Crippen MR) is 140 cm³/mol. The third-order valence-corrected chi connectivity index (χ3v) is 7.02. The van der Waals surface area contributed by atoms with Crippen molar-refractivity contribution in [3.8, 4) is 5.75 Å². The summed E-state index contributed by atoms with van der Waals surface area (Å²) in [7, 11) is -2.43. The third-order valence-electron chi connectivity index (χ3n) is 5.22. The first kappa shape index (κ1) is 28.7. The molecule has 2 amide bonds. The van der Waals surface area contributed by atoms with Crippen molar-refractivity contribution in [3.05, 3.63) is 58.1 Å². The first-order valence-electron chi connectivity index (χ1n) is 11.0. The van der Waals surface area contributed by atoms with E-state index in [0.717, 1.165) is 10.6 Å². The fourth-order valence-corrected chi connectivity index (χ4v) is 4.82. The Labute approximate surface area is 217 Å². The molecule has 1 atom stereocenters. The zero-order valence-corrected chi connectivity index (χ0v) is 22.7. The summed E-state index contributed by atoms with van der Waals surface area (Å²) in [4.78, 5) is 28.0. The first-order valence-corrected chi connectivity index (χ1v) is 13.6. The Hall–Kier alpha value is -2.49. The highest BCUT2D eigenvalue weighted by atomic mass is 35.5. The molecule has 0 aromatic heterocycles. The molecule has 0 radical (unpaired) electrons. The van der Waals surface area contributed by atoms with Crippen molar-refractivity contribution in [2.75, 3.05) is 24.2 Å². The second-order valence-corrected chi connectivity index (χ2v) is 11.0. The van der Waals surface area contributed by atoms with E-state index in [1.807, 2.05) is 13.8 Å². The average molecular weight is 545 g/mol. The van der Waals surface area contributed by atoms with E-state index >= 15 is 0 Å². The largest absolute Gasteiger partial charge is 0.495 e. The minimum absolute atomic E-state index is 0.0312. The number of nitrogens with one attached hydrogen (secondary N) is 1. The Bertz CT molecular complexity index is 1160. The van der Waals surface area contributed by atoms with E-state index in [1.165, 1.54) is 30.2 Å². The van der Waals surface area contributed by atoms with Gasteiger partial charge in [-0.05, 0) is 50.1 Å². The monoisotopic (exact) mass is 543 g/mol. The fourth-order valence-electron chi connectivity index (χ4n) is 3.53. The van der Waals surface area contributed by atoms with Crippen molar-refractivity contribution in [3.63, 3.8) is 0 Å². The molecule has 0 aliphatic heterocycles. The Balaban J connectivity index is 2.48. The Kier molecular flexibility index (Phi) is 10.2. The molecule has 11 heteroatoms. The van der Waals surface area contributed by atoms with Gasteiger partial charge in [-0.1, -0.05) is 48.3 Å². The Morgan fingerprint density at radius 3 is 2.26 bits per heavy atom. The molecule has 192 valence electrons. The molecule has 1 N–H and O–H groups in total. The lowest BCUT2D eigenvalue weighted by molar-refractivity contribution is -0.140. The lowest BCUT2D eigenvalue weighted by Gasteiger charge is -2.33. The number of nitrogens with zero attached hydrogens (tertiary/aromatic N) is 2. The van der Waals surface area contributed by atoms with Crippen LogP contribution in [0.4, 0.5) is 5.69 Å². The molecule has 2 aromatic rings. The van der Waals surface area contributed by atoms with E-state index in [2.05, 4.69) is 5.32 Å². The molecule has 0 saturated heterocycles. The van der Waals surface area contributed by atoms with Crippen LogP contribution >= 0.6 is 23.2 Å². The summed E-state index contributed by atoms with van der Waals surface area (Å²) in [6.45, 7) is 4.93. The van der Waals surface area contributed by atoms with Crippen molar-refractivity contribution in [1.82, 2.24) is 10.2 Å². The smallest absolute Gasteiger partial charge is 0.244 e. The van der Waals surface area contributed by atoms with E-state index in [4.69, 9.17) is 27.9 Å². The van der Waals surface area contributed by atoms with Gasteiger partial charge in [0.15, 0.2) is 0 Å². The molecular formula is C24H31Cl2N3O5S. The number of hydrogen-bond acceptors (Lipinski definition) is 5. The molecule has 2 rings (SSSR count). The van der Waals surface area contributed by atoms with Crippen LogP contribution in [-0.4, -0.2) is 57.1 Å². The molecule has 1 unspecified atom stereocenters. The van der Waals surface area contributed by atoms with Crippen molar-refractivity contribution in [1.29, 1.82) is 0 Å². The fraction of sp³-hybridized carbons (Fsp3) is 0.417. The van der Waals surface area contributed by atoms with Crippen molar-refractivity contribution >= 4 is 50.7 Å². The SMILES string of the molecule is CCC(C(=O)NC(C)C)N(Cc1ccccc1Cl)C(=O)CN(c1ccc(OC)c(Cl)c1)S(C)(=O)=O. The number of hydrogen-bond donors (Lipinski definition) is 1. The van der Waals surface area contributed by atoms with Crippen LogP contribution in [0.1, 0.15) is 32.8 Å². The molecule has 0 saturated carbocycles. The highest BCUT2D eigenvalue weighted by Crippen LogP contribution is 2.30. The van der Waals surface area contributed by atoms with Crippen LogP contribution < -0.4 is 14.4 Å². The van der Waals surface area contributed by atoms with E-state index in [-0.39, 0.29) is 29.2 Å². The standard InChI is InChI=1S/C24H31Cl2N3O5S/c1-6-21(24(31)27-16(2)3)28(14-17-9-7-8-10-19(17)25)23(30)15-29(35(5,32)33)18-11-12-22(34-4)20(26)13-18/h7-13,16,21H,6,14-15H2,1-5H3,(H,27,31). The summed E-state index contributed by atoms with van der Waals surface area (Å²) in [5, 5.41) is 3.47. The third kappa shape index (κ3) is 7.75. The number of carbonyl (C=O) groups excluding carboxylic acids is 2. The van der Waals surface area contributed by atoms with Crippen LogP contribution in [0, 0.1) is 0 Å². The number of halogens is 2. The number of amides is 2. The van der Waals surface area contributed by atoms with Gasteiger partial charge in [0.05, 0.1) is 24.1 Å². The van der Waals surface area contributed by atoms with E-state index in [9.17, 15) is 18.0 Å². The van der Waals surface area contributed by atoms with Crippen molar-refractivity contribution in [2.45, 2.75) is 45.8 Å². The van der Waals surface area contributed by atoms with Crippen molar-refractivity contribution < 1.29 is 22.7 Å². The molecule has 8 nitrogen and oxygen atoms in total. The number of ether oxygens (including phenoxy) is 1. The van der Waals surface area contributed by atoms with Gasteiger partial charge in [0.25, 0.3) is 0 Å². The molecular weight excluding hydrogens is 513 g/mol. The maximum atomic E-state index is 13.6. The zero-order valence-electron chi connectivity index (χ0n) is 20.4. The van der Waals surface area contributed by atoms with Gasteiger partial charge in [-0.3, -0.25) is 13.9 Å². The predicted octanol–water partition coefficient (Wildman–Crippen LogP) is 4.10. The minimum atomic E-state index is -3.88. The molecule has 0 fully saturated rings. The van der Waals surface area contributed by atoms with Gasteiger partial charge in [0.2, 0.25) is 21.8 Å². The van der Waals surface area contributed by atoms with Gasteiger partial charge < -0.3 is 15.0 Å². The zero-order chi connectivity index (χ0) is 26.3. The van der Waals surface area contributed by atoms with Gasteiger partial charge in [0, 0.05) is 17.6 Å². The van der Waals surface area contributed by atoms with Crippen LogP contribution in [0.2, 0.25) is 10.0 Å². The van der Waals surface area contributed by atoms with Crippen LogP contribution in [0.25, 0.3) is 0 Å². The lowest BCUT2D eigenvalue weighted by Crippen LogP contribution is -2.53. The van der Waals surface area contributed by atoms with Gasteiger partial charge in [-0.2, -0.15) is 0 Å². The molecule has 2 aromatic carbocycles. The number of methoxy groups -OCH3 is 1. The summed E-state index contributed by atoms with van der Waals surface area (Å²) < 4.78 is 31.4. The highest BCUT2D eigenvalue weighted by Gasteiger charge is 2.32.